The number of aromatic nitrogens is 3. The van der Waals surface area contributed by atoms with Crippen molar-refractivity contribution in [3.05, 3.63) is 6.33 Å². The molecule has 1 rings (SSSR count). The van der Waals surface area contributed by atoms with Crippen molar-refractivity contribution < 1.29 is 17.2 Å². The van der Waals surface area contributed by atoms with Crippen LogP contribution >= 0.6 is 15.9 Å². The third-order valence-electron chi connectivity index (χ3n) is 0.938. The number of alkyl halides is 3. The monoisotopic (exact) mass is 261 g/mol. The van der Waals surface area contributed by atoms with Crippen LogP contribution in [0.2, 0.25) is 0 Å². The number of sulfone groups is 1. The van der Waals surface area contributed by atoms with Gasteiger partial charge in [0.25, 0.3) is 15.0 Å². The zero-order chi connectivity index (χ0) is 9.41. The second-order valence-electron chi connectivity index (χ2n) is 1.73. The highest BCUT2D eigenvalue weighted by atomic mass is 79.9. The first-order valence-corrected chi connectivity index (χ1v) is 4.80. The Labute approximate surface area is 74.2 Å². The maximum Gasteiger partial charge on any atom is 0.407 e. The lowest BCUT2D eigenvalue weighted by molar-refractivity contribution is 0.203. The highest BCUT2D eigenvalue weighted by Crippen LogP contribution is 2.32. The Morgan fingerprint density at radius 3 is 2.50 bits per heavy atom. The number of rotatable bonds is 2. The summed E-state index contributed by atoms with van der Waals surface area (Å²) >= 11 is 1.71. The van der Waals surface area contributed by atoms with E-state index in [2.05, 4.69) is 10.1 Å². The number of halogens is 3. The largest absolute Gasteiger partial charge is 0.407 e. The smallest absolute Gasteiger partial charge is 0.265 e. The van der Waals surface area contributed by atoms with Crippen LogP contribution in [0.15, 0.2) is 11.5 Å². The normalized spacial score (nSPS) is 13.2. The average Bonchev–Trinajstić information content (AvgIpc) is 2.34. The van der Waals surface area contributed by atoms with E-state index in [4.69, 9.17) is 0 Å². The Bertz CT molecular complexity index is 355. The molecule has 68 valence electrons. The van der Waals surface area contributed by atoms with Crippen molar-refractivity contribution in [3.8, 4) is 0 Å². The molecule has 0 fully saturated rings. The third-order valence-corrected chi connectivity index (χ3v) is 3.50. The quantitative estimate of drug-likeness (QED) is 0.788. The average molecular weight is 262 g/mol. The molecule has 12 heavy (non-hydrogen) atoms. The van der Waals surface area contributed by atoms with Gasteiger partial charge in [0.15, 0.2) is 0 Å². The van der Waals surface area contributed by atoms with Crippen molar-refractivity contribution in [1.82, 2.24) is 15.2 Å². The van der Waals surface area contributed by atoms with Crippen LogP contribution < -0.4 is 0 Å². The second kappa shape index (κ2) is 2.73. The number of hydrogen-bond donors (Lipinski definition) is 1. The number of aromatic amines is 1. The minimum absolute atomic E-state index is 0.894. The molecule has 0 amide bonds. The zero-order valence-corrected chi connectivity index (χ0v) is 7.73. The van der Waals surface area contributed by atoms with E-state index >= 15 is 0 Å². The lowest BCUT2D eigenvalue weighted by atomic mass is 11.3. The van der Waals surface area contributed by atoms with E-state index in [9.17, 15) is 17.2 Å². The summed E-state index contributed by atoms with van der Waals surface area (Å²) in [6, 6.07) is 0. The number of nitrogens with zero attached hydrogens (tertiary/aromatic N) is 2. The molecular formula is C3H2BrF2N3O2S. The lowest BCUT2D eigenvalue weighted by Gasteiger charge is -2.04. The summed E-state index contributed by atoms with van der Waals surface area (Å²) < 4.78 is 42.1. The topological polar surface area (TPSA) is 75.7 Å². The molecule has 1 N–H and O–H groups in total. The van der Waals surface area contributed by atoms with Crippen LogP contribution in [0.4, 0.5) is 8.78 Å². The first kappa shape index (κ1) is 9.52. The molecule has 0 radical (unpaired) electrons. The molecule has 0 aliphatic carbocycles. The van der Waals surface area contributed by atoms with E-state index < -0.39 is 19.2 Å². The molecular weight excluding hydrogens is 260 g/mol. The minimum atomic E-state index is -4.80. The number of nitrogens with one attached hydrogen (secondary N) is 1. The second-order valence-corrected chi connectivity index (χ2v) is 5.14. The van der Waals surface area contributed by atoms with E-state index in [1.807, 2.05) is 5.10 Å². The maximum atomic E-state index is 12.3. The molecule has 1 aromatic heterocycles. The molecule has 0 aromatic carbocycles. The zero-order valence-electron chi connectivity index (χ0n) is 5.33. The predicted octanol–water partition coefficient (Wildman–Crippen LogP) is 0.524. The SMILES string of the molecule is O=S(=O)(c1nc[nH]n1)C(F)(F)Br. The Morgan fingerprint density at radius 1 is 1.58 bits per heavy atom. The van der Waals surface area contributed by atoms with Crippen molar-refractivity contribution in [2.24, 2.45) is 0 Å². The van der Waals surface area contributed by atoms with E-state index in [-0.39, 0.29) is 0 Å². The van der Waals surface area contributed by atoms with Gasteiger partial charge in [-0.25, -0.2) is 13.4 Å². The highest BCUT2D eigenvalue weighted by molar-refractivity contribution is 9.11. The van der Waals surface area contributed by atoms with Crippen molar-refractivity contribution in [1.29, 1.82) is 0 Å². The van der Waals surface area contributed by atoms with Crippen LogP contribution in [-0.2, 0) is 9.84 Å². The van der Waals surface area contributed by atoms with E-state index in [0.29, 0.717) is 0 Å². The summed E-state index contributed by atoms with van der Waals surface area (Å²) in [4.78, 5) is 3.09. The predicted molar refractivity (Wildman–Crippen MR) is 37.4 cm³/mol. The fraction of sp³-hybridized carbons (Fsp3) is 0.333. The van der Waals surface area contributed by atoms with Gasteiger partial charge < -0.3 is 0 Å². The van der Waals surface area contributed by atoms with E-state index in [0.717, 1.165) is 6.33 Å². The molecule has 1 aromatic rings. The molecule has 9 heteroatoms. The van der Waals surface area contributed by atoms with E-state index in [1.54, 1.807) is 15.9 Å². The van der Waals surface area contributed by atoms with E-state index in [1.165, 1.54) is 0 Å². The Hall–Kier alpha value is -0.570. The number of hydrogen-bond acceptors (Lipinski definition) is 4. The number of H-pyrrole nitrogens is 1. The van der Waals surface area contributed by atoms with Gasteiger partial charge in [-0.3, -0.25) is 5.10 Å². The molecule has 0 saturated heterocycles. The van der Waals surface area contributed by atoms with Gasteiger partial charge >= 0.3 is 4.16 Å². The van der Waals surface area contributed by atoms with Crippen LogP contribution in [-0.4, -0.2) is 27.8 Å². The summed E-state index contributed by atoms with van der Waals surface area (Å²) in [6.45, 7) is 0. The summed E-state index contributed by atoms with van der Waals surface area (Å²) in [7, 11) is -4.80. The van der Waals surface area contributed by atoms with Crippen LogP contribution in [0.5, 0.6) is 0 Å². The first-order valence-electron chi connectivity index (χ1n) is 2.53. The molecule has 0 aliphatic rings. The van der Waals surface area contributed by atoms with Gasteiger partial charge in [0, 0.05) is 15.9 Å². The van der Waals surface area contributed by atoms with Gasteiger partial charge in [0.2, 0.25) is 0 Å². The van der Waals surface area contributed by atoms with Gasteiger partial charge in [-0.15, -0.1) is 5.10 Å². The van der Waals surface area contributed by atoms with Crippen LogP contribution in [0.25, 0.3) is 0 Å². The third kappa shape index (κ3) is 1.46. The summed E-state index contributed by atoms with van der Waals surface area (Å²) in [5.41, 5.74) is 0. The van der Waals surface area contributed by atoms with Gasteiger partial charge in [-0.1, -0.05) is 0 Å². The molecule has 0 spiro atoms. The molecule has 0 atom stereocenters. The molecule has 5 nitrogen and oxygen atoms in total. The molecule has 1 heterocycles. The Morgan fingerprint density at radius 2 is 2.17 bits per heavy atom. The molecule has 0 bridgehead atoms. The molecule has 0 unspecified atom stereocenters. The van der Waals surface area contributed by atoms with Gasteiger partial charge in [0.05, 0.1) is 0 Å². The fourth-order valence-electron chi connectivity index (χ4n) is 0.430. The van der Waals surface area contributed by atoms with Gasteiger partial charge in [-0.05, 0) is 0 Å². The standard InChI is InChI=1S/C3H2BrF2N3O2S/c4-3(5,6)12(10,11)2-7-1-8-9-2/h1H,(H,7,8,9). The highest BCUT2D eigenvalue weighted by Gasteiger charge is 2.45. The lowest BCUT2D eigenvalue weighted by Crippen LogP contribution is -2.22. The summed E-state index contributed by atoms with van der Waals surface area (Å²) in [5, 5.41) is 4.09. The summed E-state index contributed by atoms with van der Waals surface area (Å²) in [6.07, 6.45) is 0.894. The van der Waals surface area contributed by atoms with Crippen molar-refractivity contribution in [2.45, 2.75) is 9.32 Å². The van der Waals surface area contributed by atoms with Gasteiger partial charge in [0.1, 0.15) is 6.33 Å². The van der Waals surface area contributed by atoms with Crippen LogP contribution in [0.1, 0.15) is 0 Å². The van der Waals surface area contributed by atoms with Gasteiger partial charge in [-0.2, -0.15) is 8.78 Å². The maximum absolute atomic E-state index is 12.3. The van der Waals surface area contributed by atoms with Crippen LogP contribution in [0.3, 0.4) is 0 Å². The molecule has 0 aliphatic heterocycles. The first-order chi connectivity index (χ1) is 5.36. The fourth-order valence-corrected chi connectivity index (χ4v) is 1.44. The van der Waals surface area contributed by atoms with Crippen LogP contribution in [0, 0.1) is 0 Å². The summed E-state index contributed by atoms with van der Waals surface area (Å²) in [5.74, 6) is 0. The van der Waals surface area contributed by atoms with Crippen molar-refractivity contribution in [2.75, 3.05) is 0 Å². The Balaban J connectivity index is 3.22. The Kier molecular flexibility index (Phi) is 2.17. The minimum Gasteiger partial charge on any atom is -0.265 e. The van der Waals surface area contributed by atoms with Crippen molar-refractivity contribution >= 4 is 25.8 Å². The molecule has 0 saturated carbocycles. The van der Waals surface area contributed by atoms with Crippen molar-refractivity contribution in [3.63, 3.8) is 0 Å².